The molecular formula is C19H24F3N3O3. The number of aromatic nitrogens is 1. The van der Waals surface area contributed by atoms with E-state index in [2.05, 4.69) is 4.98 Å². The van der Waals surface area contributed by atoms with Gasteiger partial charge in [-0.2, -0.15) is 13.2 Å². The van der Waals surface area contributed by atoms with Crippen LogP contribution in [-0.2, 0) is 10.9 Å². The lowest BCUT2D eigenvalue weighted by Crippen LogP contribution is -2.39. The van der Waals surface area contributed by atoms with E-state index in [0.29, 0.717) is 5.57 Å². The summed E-state index contributed by atoms with van der Waals surface area (Å²) in [6.07, 6.45) is -2.28. The van der Waals surface area contributed by atoms with Crippen LogP contribution in [0.1, 0.15) is 48.8 Å². The Morgan fingerprint density at radius 3 is 2.32 bits per heavy atom. The summed E-state index contributed by atoms with van der Waals surface area (Å²) >= 11 is 0. The van der Waals surface area contributed by atoms with E-state index in [1.54, 1.807) is 26.8 Å². The normalized spacial score (nSPS) is 15.1. The first-order valence-corrected chi connectivity index (χ1v) is 8.76. The van der Waals surface area contributed by atoms with Crippen molar-refractivity contribution in [1.82, 2.24) is 14.8 Å². The molecule has 0 saturated carbocycles. The van der Waals surface area contributed by atoms with Gasteiger partial charge in [-0.1, -0.05) is 6.08 Å². The van der Waals surface area contributed by atoms with Crippen molar-refractivity contribution in [3.05, 3.63) is 35.2 Å². The number of carbonyl (C=O) groups excluding carboxylic acids is 2. The van der Waals surface area contributed by atoms with Gasteiger partial charge in [0, 0.05) is 33.4 Å². The van der Waals surface area contributed by atoms with Gasteiger partial charge in [-0.15, -0.1) is 0 Å². The predicted octanol–water partition coefficient (Wildman–Crippen LogP) is 3.83. The molecule has 0 fully saturated rings. The highest BCUT2D eigenvalue weighted by molar-refractivity contribution is 5.94. The average molecular weight is 399 g/mol. The standard InChI is InChI=1S/C19H24F3N3O3/c1-18(2,3)28-17(27)25-8-6-12(7-9-25)15-14(19(20,21)22)10-13(11-23-15)16(26)24(4)5/h6,10-11H,7-9H2,1-5H3. The lowest BCUT2D eigenvalue weighted by Gasteiger charge is -2.30. The third-order valence-corrected chi connectivity index (χ3v) is 4.01. The molecule has 0 bridgehead atoms. The smallest absolute Gasteiger partial charge is 0.418 e. The number of halogens is 3. The van der Waals surface area contributed by atoms with Crippen LogP contribution in [0.2, 0.25) is 0 Å². The van der Waals surface area contributed by atoms with Crippen LogP contribution in [-0.4, -0.2) is 59.6 Å². The first kappa shape index (κ1) is 21.7. The summed E-state index contributed by atoms with van der Waals surface area (Å²) in [6.45, 7) is 5.57. The summed E-state index contributed by atoms with van der Waals surface area (Å²) in [5.74, 6) is -0.557. The first-order valence-electron chi connectivity index (χ1n) is 8.76. The number of nitrogens with zero attached hydrogens (tertiary/aromatic N) is 3. The Kier molecular flexibility index (Phi) is 6.06. The fourth-order valence-corrected chi connectivity index (χ4v) is 2.69. The molecule has 0 saturated heterocycles. The SMILES string of the molecule is CN(C)C(=O)c1cnc(C2=CCN(C(=O)OC(C)(C)C)CC2)c(C(F)(F)F)c1. The number of hydrogen-bond donors (Lipinski definition) is 0. The van der Waals surface area contributed by atoms with E-state index >= 15 is 0 Å². The van der Waals surface area contributed by atoms with Crippen molar-refractivity contribution >= 4 is 17.6 Å². The second-order valence-electron chi connectivity index (χ2n) is 7.72. The highest BCUT2D eigenvalue weighted by atomic mass is 19.4. The van der Waals surface area contributed by atoms with Crippen molar-refractivity contribution in [3.8, 4) is 0 Å². The van der Waals surface area contributed by atoms with E-state index in [4.69, 9.17) is 4.74 Å². The quantitative estimate of drug-likeness (QED) is 0.758. The minimum atomic E-state index is -4.66. The summed E-state index contributed by atoms with van der Waals surface area (Å²) < 4.78 is 46.0. The van der Waals surface area contributed by atoms with Crippen molar-refractivity contribution in [1.29, 1.82) is 0 Å². The zero-order valence-corrected chi connectivity index (χ0v) is 16.6. The van der Waals surface area contributed by atoms with Gasteiger partial charge in [-0.05, 0) is 38.8 Å². The Morgan fingerprint density at radius 2 is 1.86 bits per heavy atom. The Bertz CT molecular complexity index is 796. The van der Waals surface area contributed by atoms with Crippen molar-refractivity contribution in [2.45, 2.75) is 39.0 Å². The van der Waals surface area contributed by atoms with Crippen molar-refractivity contribution in [2.75, 3.05) is 27.2 Å². The Labute approximate surface area is 162 Å². The predicted molar refractivity (Wildman–Crippen MR) is 97.7 cm³/mol. The van der Waals surface area contributed by atoms with Crippen LogP contribution in [0.25, 0.3) is 5.57 Å². The van der Waals surface area contributed by atoms with E-state index in [0.717, 1.165) is 12.3 Å². The molecule has 0 spiro atoms. The number of ether oxygens (including phenoxy) is 1. The van der Waals surface area contributed by atoms with Crippen LogP contribution in [0.3, 0.4) is 0 Å². The maximum atomic E-state index is 13.6. The lowest BCUT2D eigenvalue weighted by molar-refractivity contribution is -0.138. The zero-order chi connectivity index (χ0) is 21.3. The van der Waals surface area contributed by atoms with Gasteiger partial charge >= 0.3 is 12.3 Å². The maximum Gasteiger partial charge on any atom is 0.418 e. The molecule has 154 valence electrons. The fourth-order valence-electron chi connectivity index (χ4n) is 2.69. The molecule has 1 aliphatic rings. The molecule has 6 nitrogen and oxygen atoms in total. The van der Waals surface area contributed by atoms with E-state index in [-0.39, 0.29) is 30.8 Å². The topological polar surface area (TPSA) is 62.7 Å². The minimum Gasteiger partial charge on any atom is -0.444 e. The molecule has 0 unspecified atom stereocenters. The van der Waals surface area contributed by atoms with E-state index in [1.807, 2.05) is 0 Å². The largest absolute Gasteiger partial charge is 0.444 e. The molecule has 0 aliphatic carbocycles. The molecule has 1 aliphatic heterocycles. The Balaban J connectivity index is 2.30. The number of hydrogen-bond acceptors (Lipinski definition) is 4. The summed E-state index contributed by atoms with van der Waals surface area (Å²) in [5, 5.41) is 0. The van der Waals surface area contributed by atoms with Crippen molar-refractivity contribution < 1.29 is 27.5 Å². The molecule has 28 heavy (non-hydrogen) atoms. The maximum absolute atomic E-state index is 13.6. The lowest BCUT2D eigenvalue weighted by atomic mass is 9.98. The molecule has 1 aromatic heterocycles. The van der Waals surface area contributed by atoms with E-state index < -0.39 is 29.3 Å². The number of pyridine rings is 1. The van der Waals surface area contributed by atoms with Crippen LogP contribution < -0.4 is 0 Å². The number of alkyl halides is 3. The molecule has 0 radical (unpaired) electrons. The molecule has 0 atom stereocenters. The number of rotatable bonds is 2. The molecule has 1 aromatic rings. The van der Waals surface area contributed by atoms with Crippen LogP contribution in [0.5, 0.6) is 0 Å². The molecular weight excluding hydrogens is 375 g/mol. The third kappa shape index (κ3) is 5.24. The Morgan fingerprint density at radius 1 is 1.21 bits per heavy atom. The first-order chi connectivity index (χ1) is 12.8. The second-order valence-corrected chi connectivity index (χ2v) is 7.72. The van der Waals surface area contributed by atoms with Crippen LogP contribution in [0.15, 0.2) is 18.3 Å². The van der Waals surface area contributed by atoms with Crippen LogP contribution in [0.4, 0.5) is 18.0 Å². The van der Waals surface area contributed by atoms with E-state index in [9.17, 15) is 22.8 Å². The Hall–Kier alpha value is -2.58. The van der Waals surface area contributed by atoms with Crippen molar-refractivity contribution in [3.63, 3.8) is 0 Å². The molecule has 2 amide bonds. The number of carbonyl (C=O) groups is 2. The van der Waals surface area contributed by atoms with Crippen LogP contribution >= 0.6 is 0 Å². The monoisotopic (exact) mass is 399 g/mol. The fraction of sp³-hybridized carbons (Fsp3) is 0.526. The summed E-state index contributed by atoms with van der Waals surface area (Å²) in [4.78, 5) is 30.6. The highest BCUT2D eigenvalue weighted by Gasteiger charge is 2.36. The zero-order valence-electron chi connectivity index (χ0n) is 16.6. The molecule has 9 heteroatoms. The van der Waals surface area contributed by atoms with Gasteiger partial charge in [-0.25, -0.2) is 4.79 Å². The highest BCUT2D eigenvalue weighted by Crippen LogP contribution is 2.36. The van der Waals surface area contributed by atoms with Crippen LogP contribution in [0, 0.1) is 0 Å². The minimum absolute atomic E-state index is 0.127. The summed E-state index contributed by atoms with van der Waals surface area (Å²) in [7, 11) is 2.91. The molecule has 2 heterocycles. The van der Waals surface area contributed by atoms with E-state index in [1.165, 1.54) is 23.9 Å². The van der Waals surface area contributed by atoms with Gasteiger partial charge in [0.15, 0.2) is 0 Å². The summed E-state index contributed by atoms with van der Waals surface area (Å²) in [5.41, 5.74) is -1.58. The third-order valence-electron chi connectivity index (χ3n) is 4.01. The molecule has 0 N–H and O–H groups in total. The molecule has 0 aromatic carbocycles. The molecule has 2 rings (SSSR count). The average Bonchev–Trinajstić information content (AvgIpc) is 2.58. The summed E-state index contributed by atoms with van der Waals surface area (Å²) in [6, 6.07) is 0.825. The van der Waals surface area contributed by atoms with Gasteiger partial charge in [0.2, 0.25) is 0 Å². The van der Waals surface area contributed by atoms with Gasteiger partial charge < -0.3 is 14.5 Å². The second kappa shape index (κ2) is 7.81. The van der Waals surface area contributed by atoms with Gasteiger partial charge in [0.05, 0.1) is 16.8 Å². The van der Waals surface area contributed by atoms with Gasteiger partial charge in [0.1, 0.15) is 5.60 Å². The number of amides is 2. The van der Waals surface area contributed by atoms with Gasteiger partial charge in [0.25, 0.3) is 5.91 Å². The van der Waals surface area contributed by atoms with Gasteiger partial charge in [-0.3, -0.25) is 9.78 Å². The van der Waals surface area contributed by atoms with Crippen molar-refractivity contribution in [2.24, 2.45) is 0 Å².